The SMILES string of the molecule is C#CCC(=[N+]=[N-])C(=O)OCC#Cc1ccccc1. The first kappa shape index (κ1) is 13.3. The van der Waals surface area contributed by atoms with Crippen molar-refractivity contribution in [3.63, 3.8) is 0 Å². The molecular weight excluding hydrogens is 228 g/mol. The van der Waals surface area contributed by atoms with E-state index >= 15 is 0 Å². The summed E-state index contributed by atoms with van der Waals surface area (Å²) in [5, 5.41) is 0. The fraction of sp³-hybridized carbons (Fsp3) is 0.143. The summed E-state index contributed by atoms with van der Waals surface area (Å²) in [6.07, 6.45) is 4.91. The highest BCUT2D eigenvalue weighted by Gasteiger charge is 2.19. The van der Waals surface area contributed by atoms with Crippen molar-refractivity contribution in [3.8, 4) is 24.2 Å². The van der Waals surface area contributed by atoms with E-state index in [-0.39, 0.29) is 18.7 Å². The van der Waals surface area contributed by atoms with Gasteiger partial charge in [0.25, 0.3) is 0 Å². The Morgan fingerprint density at radius 1 is 1.39 bits per heavy atom. The lowest BCUT2D eigenvalue weighted by Gasteiger charge is -1.93. The lowest BCUT2D eigenvalue weighted by molar-refractivity contribution is -0.139. The fourth-order valence-corrected chi connectivity index (χ4v) is 1.09. The number of esters is 1. The average molecular weight is 238 g/mol. The molecule has 0 fully saturated rings. The normalized spacial score (nSPS) is 8.17. The van der Waals surface area contributed by atoms with Crippen LogP contribution in [0.4, 0.5) is 0 Å². The summed E-state index contributed by atoms with van der Waals surface area (Å²) in [4.78, 5) is 14.1. The van der Waals surface area contributed by atoms with Crippen LogP contribution in [0.1, 0.15) is 12.0 Å². The summed E-state index contributed by atoms with van der Waals surface area (Å²) >= 11 is 0. The Labute approximate surface area is 105 Å². The Balaban J connectivity index is 2.48. The van der Waals surface area contributed by atoms with Gasteiger partial charge in [-0.2, -0.15) is 4.79 Å². The predicted octanol–water partition coefficient (Wildman–Crippen LogP) is 1.28. The maximum absolute atomic E-state index is 11.3. The predicted molar refractivity (Wildman–Crippen MR) is 66.4 cm³/mol. The standard InChI is InChI=1S/C14H10N2O2/c1-2-7-13(16-15)14(17)18-11-6-10-12-8-4-3-5-9-12/h1,3-5,8-9H,7,11H2. The van der Waals surface area contributed by atoms with E-state index in [1.807, 2.05) is 30.3 Å². The molecule has 0 spiro atoms. The number of nitrogens with zero attached hydrogens (tertiary/aromatic N) is 2. The van der Waals surface area contributed by atoms with Crippen molar-refractivity contribution in [1.82, 2.24) is 0 Å². The molecule has 1 aromatic carbocycles. The van der Waals surface area contributed by atoms with Gasteiger partial charge in [-0.3, -0.25) is 0 Å². The van der Waals surface area contributed by atoms with Crippen molar-refractivity contribution in [2.45, 2.75) is 6.42 Å². The summed E-state index contributed by atoms with van der Waals surface area (Å²) < 4.78 is 4.77. The molecule has 0 aliphatic rings. The zero-order valence-electron chi connectivity index (χ0n) is 9.59. The summed E-state index contributed by atoms with van der Waals surface area (Å²) in [5.41, 5.74) is 9.14. The smallest absolute Gasteiger partial charge is 0.418 e. The maximum atomic E-state index is 11.3. The Kier molecular flexibility index (Phi) is 5.49. The number of ether oxygens (including phenoxy) is 1. The monoisotopic (exact) mass is 238 g/mol. The van der Waals surface area contributed by atoms with Crippen molar-refractivity contribution < 1.29 is 14.3 Å². The minimum absolute atomic E-state index is 0.0819. The van der Waals surface area contributed by atoms with Crippen molar-refractivity contribution in [1.29, 1.82) is 0 Å². The van der Waals surface area contributed by atoms with E-state index in [1.54, 1.807) is 0 Å². The van der Waals surface area contributed by atoms with Crippen molar-refractivity contribution in [2.75, 3.05) is 6.61 Å². The minimum Gasteiger partial charge on any atom is -0.444 e. The van der Waals surface area contributed by atoms with E-state index in [0.29, 0.717) is 0 Å². The second kappa shape index (κ2) is 7.46. The van der Waals surface area contributed by atoms with Gasteiger partial charge in [0.15, 0.2) is 6.61 Å². The van der Waals surface area contributed by atoms with Gasteiger partial charge in [0.05, 0.1) is 0 Å². The van der Waals surface area contributed by atoms with Gasteiger partial charge in [0.1, 0.15) is 6.42 Å². The van der Waals surface area contributed by atoms with Gasteiger partial charge >= 0.3 is 11.7 Å². The highest BCUT2D eigenvalue weighted by molar-refractivity contribution is 6.34. The number of benzene rings is 1. The van der Waals surface area contributed by atoms with Crippen LogP contribution in [0.5, 0.6) is 0 Å². The molecule has 0 aromatic heterocycles. The molecule has 0 unspecified atom stereocenters. The van der Waals surface area contributed by atoms with E-state index in [2.05, 4.69) is 22.6 Å². The number of carbonyl (C=O) groups excluding carboxylic acids is 1. The molecule has 0 saturated heterocycles. The first-order valence-electron chi connectivity index (χ1n) is 5.13. The molecule has 4 heteroatoms. The number of rotatable bonds is 3. The first-order chi connectivity index (χ1) is 8.77. The van der Waals surface area contributed by atoms with Crippen LogP contribution in [0.15, 0.2) is 30.3 Å². The number of hydrogen-bond acceptors (Lipinski definition) is 2. The third kappa shape index (κ3) is 4.37. The van der Waals surface area contributed by atoms with Crippen molar-refractivity contribution in [2.24, 2.45) is 0 Å². The average Bonchev–Trinajstić information content (AvgIpc) is 2.42. The topological polar surface area (TPSA) is 62.7 Å². The van der Waals surface area contributed by atoms with Crippen molar-refractivity contribution >= 4 is 11.7 Å². The molecule has 0 saturated carbocycles. The largest absolute Gasteiger partial charge is 0.444 e. The fourth-order valence-electron chi connectivity index (χ4n) is 1.09. The Morgan fingerprint density at radius 3 is 2.72 bits per heavy atom. The summed E-state index contributed by atoms with van der Waals surface area (Å²) in [7, 11) is 0. The third-order valence-corrected chi connectivity index (χ3v) is 1.91. The Bertz CT molecular complexity index is 567. The van der Waals surface area contributed by atoms with Gasteiger partial charge < -0.3 is 10.3 Å². The van der Waals surface area contributed by atoms with E-state index < -0.39 is 5.97 Å². The molecule has 0 amide bonds. The van der Waals surface area contributed by atoms with Crippen LogP contribution in [0.3, 0.4) is 0 Å². The summed E-state index contributed by atoms with van der Waals surface area (Å²) in [5.74, 6) is 6.91. The van der Waals surface area contributed by atoms with E-state index in [0.717, 1.165) is 5.56 Å². The molecule has 4 nitrogen and oxygen atoms in total. The zero-order chi connectivity index (χ0) is 13.2. The first-order valence-corrected chi connectivity index (χ1v) is 5.13. The highest BCUT2D eigenvalue weighted by atomic mass is 16.5. The molecule has 18 heavy (non-hydrogen) atoms. The van der Waals surface area contributed by atoms with Crippen LogP contribution in [0, 0.1) is 24.2 Å². The van der Waals surface area contributed by atoms with Gasteiger partial charge in [-0.25, -0.2) is 4.79 Å². The summed E-state index contributed by atoms with van der Waals surface area (Å²) in [6, 6.07) is 9.29. The van der Waals surface area contributed by atoms with Gasteiger partial charge in [-0.1, -0.05) is 36.0 Å². The molecule has 0 heterocycles. The molecular formula is C14H10N2O2. The zero-order valence-corrected chi connectivity index (χ0v) is 9.59. The lowest BCUT2D eigenvalue weighted by Crippen LogP contribution is -2.18. The van der Waals surface area contributed by atoms with E-state index in [9.17, 15) is 4.79 Å². The highest BCUT2D eigenvalue weighted by Crippen LogP contribution is 1.94. The quantitative estimate of drug-likeness (QED) is 0.262. The minimum atomic E-state index is -0.766. The van der Waals surface area contributed by atoms with Gasteiger partial charge in [0, 0.05) is 5.56 Å². The number of carbonyl (C=O) groups is 1. The second-order valence-electron chi connectivity index (χ2n) is 3.17. The van der Waals surface area contributed by atoms with Gasteiger partial charge in [-0.05, 0) is 12.1 Å². The van der Waals surface area contributed by atoms with Crippen LogP contribution >= 0.6 is 0 Å². The molecule has 0 radical (unpaired) electrons. The molecule has 1 aromatic rings. The van der Waals surface area contributed by atoms with E-state index in [4.69, 9.17) is 16.7 Å². The van der Waals surface area contributed by atoms with Crippen molar-refractivity contribution in [3.05, 3.63) is 41.4 Å². The Hall–Kier alpha value is -2.81. The summed E-state index contributed by atoms with van der Waals surface area (Å²) in [6.45, 7) is -0.0860. The molecule has 1 rings (SSSR count). The van der Waals surface area contributed by atoms with Gasteiger partial charge in [0.2, 0.25) is 0 Å². The molecule has 88 valence electrons. The van der Waals surface area contributed by atoms with Crippen LogP contribution in [0.25, 0.3) is 5.53 Å². The lowest BCUT2D eigenvalue weighted by atomic mass is 10.2. The molecule has 0 aliphatic carbocycles. The molecule has 0 N–H and O–H groups in total. The van der Waals surface area contributed by atoms with Crippen LogP contribution in [-0.2, 0) is 9.53 Å². The maximum Gasteiger partial charge on any atom is 0.418 e. The second-order valence-corrected chi connectivity index (χ2v) is 3.17. The molecule has 0 bridgehead atoms. The third-order valence-electron chi connectivity index (χ3n) is 1.91. The van der Waals surface area contributed by atoms with E-state index in [1.165, 1.54) is 0 Å². The molecule has 0 aliphatic heterocycles. The molecule has 0 atom stereocenters. The number of hydrogen-bond donors (Lipinski definition) is 0. The van der Waals surface area contributed by atoms with Crippen LogP contribution < -0.4 is 0 Å². The Morgan fingerprint density at radius 2 is 2.11 bits per heavy atom. The van der Waals surface area contributed by atoms with Crippen LogP contribution in [0.2, 0.25) is 0 Å². The van der Waals surface area contributed by atoms with Crippen LogP contribution in [-0.4, -0.2) is 23.1 Å². The van der Waals surface area contributed by atoms with Gasteiger partial charge in [-0.15, -0.1) is 6.42 Å². The number of terminal acetylenes is 1.